The molecule has 0 aliphatic carbocycles. The third-order valence-electron chi connectivity index (χ3n) is 1.71. The van der Waals surface area contributed by atoms with E-state index in [0.29, 0.717) is 13.1 Å². The highest BCUT2D eigenvalue weighted by Gasteiger charge is 2.43. The average Bonchev–Trinajstić information content (AvgIpc) is 2.09. The number of likely N-dealkylation sites (N-methyl/N-ethyl adjacent to an activating group) is 1. The summed E-state index contributed by atoms with van der Waals surface area (Å²) < 4.78 is 17.5. The minimum atomic E-state index is -2.59. The molecule has 0 unspecified atom stereocenters. The van der Waals surface area contributed by atoms with Crippen molar-refractivity contribution in [2.24, 2.45) is 5.73 Å². The van der Waals surface area contributed by atoms with Crippen LogP contribution in [0.2, 0.25) is 0 Å². The fourth-order valence-corrected chi connectivity index (χ4v) is 2.89. The fourth-order valence-electron chi connectivity index (χ4n) is 1.05. The van der Waals surface area contributed by atoms with Crippen LogP contribution in [0.3, 0.4) is 0 Å². The van der Waals surface area contributed by atoms with Crippen LogP contribution in [0.15, 0.2) is 0 Å². The molecule has 0 radical (unpaired) electrons. The van der Waals surface area contributed by atoms with Gasteiger partial charge in [-0.25, -0.2) is 0 Å². The number of rotatable bonds is 6. The van der Waals surface area contributed by atoms with Gasteiger partial charge in [0, 0.05) is 34.4 Å². The van der Waals surface area contributed by atoms with E-state index in [2.05, 4.69) is 0 Å². The van der Waals surface area contributed by atoms with Gasteiger partial charge in [0.15, 0.2) is 0 Å². The Morgan fingerprint density at radius 2 is 1.58 bits per heavy atom. The summed E-state index contributed by atoms with van der Waals surface area (Å²) in [7, 11) is 4.01. The van der Waals surface area contributed by atoms with E-state index in [-0.39, 0.29) is 0 Å². The molecule has 0 atom stereocenters. The van der Waals surface area contributed by atoms with Gasteiger partial charge in [-0.05, 0) is 7.05 Å². The van der Waals surface area contributed by atoms with Gasteiger partial charge in [-0.15, -0.1) is 0 Å². The van der Waals surface area contributed by atoms with Crippen LogP contribution in [-0.2, 0) is 13.3 Å². The molecule has 0 fully saturated rings. The molecule has 0 aliphatic rings. The van der Waals surface area contributed by atoms with Crippen molar-refractivity contribution in [2.75, 3.05) is 41.5 Å². The molecule has 0 aromatic rings. The van der Waals surface area contributed by atoms with Crippen LogP contribution in [0.25, 0.3) is 0 Å². The summed E-state index contributed by atoms with van der Waals surface area (Å²) in [6, 6.07) is 0. The van der Waals surface area contributed by atoms with Crippen LogP contribution in [0.4, 0.5) is 0 Å². The van der Waals surface area contributed by atoms with Crippen molar-refractivity contribution >= 4 is 8.97 Å². The maximum atomic E-state index is 5.40. The quantitative estimate of drug-likeness (QED) is 0.564. The Hall–Kier alpha value is 0.0169. The summed E-state index contributed by atoms with van der Waals surface area (Å²) in [5.41, 5.74) is 5.40. The van der Waals surface area contributed by atoms with E-state index >= 15 is 0 Å². The van der Waals surface area contributed by atoms with E-state index < -0.39 is 8.97 Å². The summed E-state index contributed by atoms with van der Waals surface area (Å²) in [4.78, 5) is 0. The monoisotopic (exact) mass is 194 g/mol. The first-order valence-electron chi connectivity index (χ1n) is 3.73. The number of hydrogen-bond acceptors (Lipinski definition) is 5. The predicted molar refractivity (Wildman–Crippen MR) is 48.5 cm³/mol. The first kappa shape index (κ1) is 12.0. The Morgan fingerprint density at radius 3 is 1.83 bits per heavy atom. The van der Waals surface area contributed by atoms with Gasteiger partial charge in [0.05, 0.1) is 0 Å². The van der Waals surface area contributed by atoms with Gasteiger partial charge < -0.3 is 19.0 Å². The third-order valence-corrected chi connectivity index (χ3v) is 4.41. The average molecular weight is 194 g/mol. The Morgan fingerprint density at radius 1 is 1.17 bits per heavy atom. The normalized spacial score (nSPS) is 12.5. The molecule has 0 heterocycles. The molecule has 6 heteroatoms. The molecule has 0 saturated heterocycles. The van der Waals surface area contributed by atoms with Crippen molar-refractivity contribution in [3.63, 3.8) is 0 Å². The summed E-state index contributed by atoms with van der Waals surface area (Å²) in [6.45, 7) is 1.25. The highest BCUT2D eigenvalue weighted by Crippen LogP contribution is 2.09. The molecule has 0 amide bonds. The molecule has 0 bridgehead atoms. The summed E-state index contributed by atoms with van der Waals surface area (Å²) in [5.74, 6) is 0. The van der Waals surface area contributed by atoms with Crippen LogP contribution in [0.1, 0.15) is 0 Å². The Bertz CT molecular complexity index is 113. The van der Waals surface area contributed by atoms with Crippen molar-refractivity contribution in [3.05, 3.63) is 0 Å². The molecule has 0 aliphatic heterocycles. The predicted octanol–water partition coefficient (Wildman–Crippen LogP) is -0.748. The number of nitrogens with zero attached hydrogens (tertiary/aromatic N) is 1. The van der Waals surface area contributed by atoms with Crippen LogP contribution in [0, 0.1) is 0 Å². The Kier molecular flexibility index (Phi) is 5.63. The maximum Gasteiger partial charge on any atom is 0.598 e. The molecule has 0 spiro atoms. The van der Waals surface area contributed by atoms with Crippen molar-refractivity contribution in [1.82, 2.24) is 4.57 Å². The van der Waals surface area contributed by atoms with Crippen molar-refractivity contribution in [3.8, 4) is 0 Å². The first-order chi connectivity index (χ1) is 5.66. The van der Waals surface area contributed by atoms with E-state index in [1.807, 2.05) is 11.6 Å². The van der Waals surface area contributed by atoms with Gasteiger partial charge in [0.2, 0.25) is 0 Å². The second-order valence-corrected chi connectivity index (χ2v) is 5.38. The van der Waals surface area contributed by atoms with Gasteiger partial charge >= 0.3 is 8.97 Å². The Labute approximate surface area is 74.8 Å². The van der Waals surface area contributed by atoms with Crippen LogP contribution in [0.5, 0.6) is 0 Å². The van der Waals surface area contributed by atoms with E-state index in [0.717, 1.165) is 0 Å². The van der Waals surface area contributed by atoms with Gasteiger partial charge in [0.25, 0.3) is 0 Å². The fraction of sp³-hybridized carbons (Fsp3) is 1.00. The number of nitrogens with two attached hydrogens (primary N) is 1. The maximum absolute atomic E-state index is 5.40. The molecular formula is C6H18N2O3Si. The van der Waals surface area contributed by atoms with Crippen molar-refractivity contribution in [2.45, 2.75) is 0 Å². The van der Waals surface area contributed by atoms with Crippen LogP contribution in [-0.4, -0.2) is 55.0 Å². The lowest BCUT2D eigenvalue weighted by Gasteiger charge is -2.31. The molecule has 0 aromatic heterocycles. The first-order valence-corrected chi connectivity index (χ1v) is 5.40. The third kappa shape index (κ3) is 2.51. The van der Waals surface area contributed by atoms with Gasteiger partial charge in [-0.3, -0.25) is 4.57 Å². The van der Waals surface area contributed by atoms with Gasteiger partial charge in [-0.2, -0.15) is 0 Å². The molecular weight excluding hydrogens is 176 g/mol. The van der Waals surface area contributed by atoms with Crippen molar-refractivity contribution in [1.29, 1.82) is 0 Å². The van der Waals surface area contributed by atoms with E-state index in [9.17, 15) is 0 Å². The highest BCUT2D eigenvalue weighted by atomic mass is 28.4. The minimum absolute atomic E-state index is 0.557. The van der Waals surface area contributed by atoms with E-state index in [1.54, 1.807) is 21.3 Å². The lowest BCUT2D eigenvalue weighted by Crippen LogP contribution is -2.58. The highest BCUT2D eigenvalue weighted by molar-refractivity contribution is 6.57. The zero-order valence-corrected chi connectivity index (χ0v) is 9.16. The molecule has 74 valence electrons. The smallest absolute Gasteiger partial charge is 0.364 e. The molecule has 0 saturated carbocycles. The van der Waals surface area contributed by atoms with Gasteiger partial charge in [-0.1, -0.05) is 0 Å². The number of hydrogen-bond donors (Lipinski definition) is 1. The summed E-state index contributed by atoms with van der Waals surface area (Å²) in [6.07, 6.45) is 0. The Balaban J connectivity index is 4.24. The van der Waals surface area contributed by atoms with Crippen molar-refractivity contribution < 1.29 is 13.3 Å². The minimum Gasteiger partial charge on any atom is -0.364 e. The molecule has 0 aromatic carbocycles. The lowest BCUT2D eigenvalue weighted by molar-refractivity contribution is 0.0674. The van der Waals surface area contributed by atoms with E-state index in [1.165, 1.54) is 0 Å². The molecule has 5 nitrogen and oxygen atoms in total. The van der Waals surface area contributed by atoms with Crippen LogP contribution < -0.4 is 5.73 Å². The standard InChI is InChI=1S/C6H18N2O3Si/c1-8(6-5-7)12(9-2,10-3)11-4/h5-7H2,1-4H3. The molecule has 12 heavy (non-hydrogen) atoms. The second kappa shape index (κ2) is 5.63. The van der Waals surface area contributed by atoms with Gasteiger partial charge in [0.1, 0.15) is 0 Å². The molecule has 0 rings (SSSR count). The largest absolute Gasteiger partial charge is 0.598 e. The second-order valence-electron chi connectivity index (χ2n) is 2.35. The zero-order valence-electron chi connectivity index (χ0n) is 8.16. The SMILES string of the molecule is CO[Si](OC)(OC)N(C)CCN. The topological polar surface area (TPSA) is 57.0 Å². The summed E-state index contributed by atoms with van der Waals surface area (Å²) >= 11 is 0. The van der Waals surface area contributed by atoms with Crippen LogP contribution >= 0.6 is 0 Å². The lowest BCUT2D eigenvalue weighted by atomic mass is 10.7. The summed E-state index contributed by atoms with van der Waals surface area (Å²) in [5, 5.41) is 0. The molecule has 2 N–H and O–H groups in total. The zero-order chi connectivity index (χ0) is 9.61. The van der Waals surface area contributed by atoms with E-state index in [4.69, 9.17) is 19.0 Å².